The highest BCUT2D eigenvalue weighted by molar-refractivity contribution is 6.30. The number of aliphatic imine (C=N–C) groups is 1. The van der Waals surface area contributed by atoms with E-state index in [2.05, 4.69) is 15.2 Å². The molecule has 1 saturated heterocycles. The molecule has 1 unspecified atom stereocenters. The molecule has 7 heteroatoms. The predicted octanol–water partition coefficient (Wildman–Crippen LogP) is 1.73. The van der Waals surface area contributed by atoms with Gasteiger partial charge in [-0.2, -0.15) is 0 Å². The summed E-state index contributed by atoms with van der Waals surface area (Å²) in [5.41, 5.74) is 5.89. The standard InChI is InChI=1S/C17H27ClN4O2/c1-14(24-16-5-3-15(18)4-6-16)13-21-17(19)20-7-2-8-22-9-11-23-12-10-22/h3-6,14H,2,7-13H2,1H3,(H3,19,20,21). The molecule has 0 saturated carbocycles. The Hall–Kier alpha value is -1.50. The van der Waals surface area contributed by atoms with Gasteiger partial charge >= 0.3 is 0 Å². The van der Waals surface area contributed by atoms with E-state index in [1.807, 2.05) is 19.1 Å². The molecular formula is C17H27ClN4O2. The molecule has 134 valence electrons. The van der Waals surface area contributed by atoms with Gasteiger partial charge in [0.2, 0.25) is 0 Å². The molecule has 0 radical (unpaired) electrons. The Labute approximate surface area is 149 Å². The topological polar surface area (TPSA) is 72.1 Å². The van der Waals surface area contributed by atoms with E-state index in [4.69, 9.17) is 26.8 Å². The monoisotopic (exact) mass is 354 g/mol. The fourth-order valence-electron chi connectivity index (χ4n) is 2.41. The Bertz CT molecular complexity index is 504. The fourth-order valence-corrected chi connectivity index (χ4v) is 2.54. The third-order valence-electron chi connectivity index (χ3n) is 3.73. The minimum Gasteiger partial charge on any atom is -0.489 e. The molecule has 2 rings (SSSR count). The quantitative estimate of drug-likeness (QED) is 0.422. The first-order valence-corrected chi connectivity index (χ1v) is 8.77. The molecule has 24 heavy (non-hydrogen) atoms. The Kier molecular flexibility index (Phi) is 8.15. The molecule has 1 aliphatic heterocycles. The van der Waals surface area contributed by atoms with Crippen LogP contribution in [-0.4, -0.2) is 62.9 Å². The van der Waals surface area contributed by atoms with E-state index in [1.165, 1.54) is 0 Å². The lowest BCUT2D eigenvalue weighted by Crippen LogP contribution is -2.39. The third-order valence-corrected chi connectivity index (χ3v) is 3.98. The van der Waals surface area contributed by atoms with Crippen molar-refractivity contribution >= 4 is 17.6 Å². The van der Waals surface area contributed by atoms with Crippen molar-refractivity contribution in [3.8, 4) is 5.75 Å². The average Bonchev–Trinajstić information content (AvgIpc) is 2.60. The SMILES string of the molecule is CC(CN=C(N)NCCCN1CCOCC1)Oc1ccc(Cl)cc1. The third kappa shape index (κ3) is 7.38. The van der Waals surface area contributed by atoms with Crippen LogP contribution in [0.15, 0.2) is 29.3 Å². The van der Waals surface area contributed by atoms with Crippen LogP contribution in [0.4, 0.5) is 0 Å². The first-order valence-electron chi connectivity index (χ1n) is 8.39. The summed E-state index contributed by atoms with van der Waals surface area (Å²) in [6.07, 6.45) is 0.979. The van der Waals surface area contributed by atoms with Gasteiger partial charge in [-0.15, -0.1) is 0 Å². The normalized spacial score (nSPS) is 17.5. The Morgan fingerprint density at radius 3 is 2.79 bits per heavy atom. The van der Waals surface area contributed by atoms with Gasteiger partial charge in [0.05, 0.1) is 19.8 Å². The van der Waals surface area contributed by atoms with Gasteiger partial charge < -0.3 is 20.5 Å². The maximum absolute atomic E-state index is 5.89. The molecule has 0 spiro atoms. The van der Waals surface area contributed by atoms with Crippen LogP contribution in [0.5, 0.6) is 5.75 Å². The van der Waals surface area contributed by atoms with Gasteiger partial charge in [-0.1, -0.05) is 11.6 Å². The van der Waals surface area contributed by atoms with E-state index in [-0.39, 0.29) is 6.10 Å². The number of rotatable bonds is 8. The molecule has 0 aromatic heterocycles. The van der Waals surface area contributed by atoms with Gasteiger partial charge in [-0.25, -0.2) is 4.99 Å². The number of ether oxygens (including phenoxy) is 2. The summed E-state index contributed by atoms with van der Waals surface area (Å²) in [6.45, 7) is 8.05. The van der Waals surface area contributed by atoms with Crippen molar-refractivity contribution in [2.75, 3.05) is 45.9 Å². The van der Waals surface area contributed by atoms with Crippen molar-refractivity contribution < 1.29 is 9.47 Å². The van der Waals surface area contributed by atoms with E-state index in [0.29, 0.717) is 17.5 Å². The number of guanidine groups is 1. The lowest BCUT2D eigenvalue weighted by atomic mass is 10.3. The summed E-state index contributed by atoms with van der Waals surface area (Å²) in [6, 6.07) is 7.29. The number of nitrogens with one attached hydrogen (secondary N) is 1. The van der Waals surface area contributed by atoms with Crippen molar-refractivity contribution in [3.63, 3.8) is 0 Å². The van der Waals surface area contributed by atoms with Crippen molar-refractivity contribution in [2.24, 2.45) is 10.7 Å². The number of morpholine rings is 1. The molecular weight excluding hydrogens is 328 g/mol. The summed E-state index contributed by atoms with van der Waals surface area (Å²) in [5.74, 6) is 1.24. The molecule has 1 aromatic carbocycles. The lowest BCUT2D eigenvalue weighted by molar-refractivity contribution is 0.0376. The van der Waals surface area contributed by atoms with Crippen LogP contribution in [0, 0.1) is 0 Å². The number of hydrogen-bond donors (Lipinski definition) is 2. The van der Waals surface area contributed by atoms with Crippen LogP contribution in [0.25, 0.3) is 0 Å². The number of halogens is 1. The average molecular weight is 355 g/mol. The molecule has 0 bridgehead atoms. The van der Waals surface area contributed by atoms with Crippen LogP contribution in [-0.2, 0) is 4.74 Å². The van der Waals surface area contributed by atoms with Crippen molar-refractivity contribution in [2.45, 2.75) is 19.4 Å². The Morgan fingerprint density at radius 1 is 1.38 bits per heavy atom. The summed E-state index contributed by atoms with van der Waals surface area (Å²) in [7, 11) is 0. The van der Waals surface area contributed by atoms with Crippen LogP contribution in [0.1, 0.15) is 13.3 Å². The summed E-state index contributed by atoms with van der Waals surface area (Å²) in [4.78, 5) is 6.72. The van der Waals surface area contributed by atoms with Crippen LogP contribution in [0.3, 0.4) is 0 Å². The zero-order valence-corrected chi connectivity index (χ0v) is 15.0. The molecule has 1 heterocycles. The van der Waals surface area contributed by atoms with Gasteiger partial charge in [-0.3, -0.25) is 4.90 Å². The fraction of sp³-hybridized carbons (Fsp3) is 0.588. The van der Waals surface area contributed by atoms with Crippen molar-refractivity contribution in [1.29, 1.82) is 0 Å². The zero-order chi connectivity index (χ0) is 17.2. The molecule has 6 nitrogen and oxygen atoms in total. The first-order chi connectivity index (χ1) is 11.6. The lowest BCUT2D eigenvalue weighted by Gasteiger charge is -2.26. The highest BCUT2D eigenvalue weighted by atomic mass is 35.5. The largest absolute Gasteiger partial charge is 0.489 e. The van der Waals surface area contributed by atoms with Gasteiger partial charge in [0, 0.05) is 24.7 Å². The Morgan fingerprint density at radius 2 is 2.08 bits per heavy atom. The summed E-state index contributed by atoms with van der Waals surface area (Å²) < 4.78 is 11.1. The molecule has 3 N–H and O–H groups in total. The van der Waals surface area contributed by atoms with E-state index in [1.54, 1.807) is 12.1 Å². The second kappa shape index (κ2) is 10.4. The minimum atomic E-state index is -0.0557. The number of hydrogen-bond acceptors (Lipinski definition) is 4. The maximum Gasteiger partial charge on any atom is 0.188 e. The minimum absolute atomic E-state index is 0.0557. The maximum atomic E-state index is 5.89. The second-order valence-electron chi connectivity index (χ2n) is 5.84. The van der Waals surface area contributed by atoms with Gasteiger partial charge in [0.25, 0.3) is 0 Å². The second-order valence-corrected chi connectivity index (χ2v) is 6.28. The highest BCUT2D eigenvalue weighted by Crippen LogP contribution is 2.16. The van der Waals surface area contributed by atoms with Gasteiger partial charge in [0.15, 0.2) is 5.96 Å². The molecule has 0 aliphatic carbocycles. The summed E-state index contributed by atoms with van der Waals surface area (Å²) in [5, 5.41) is 3.84. The molecule has 1 aromatic rings. The van der Waals surface area contributed by atoms with E-state index >= 15 is 0 Å². The predicted molar refractivity (Wildman–Crippen MR) is 97.9 cm³/mol. The molecule has 1 aliphatic rings. The summed E-state index contributed by atoms with van der Waals surface area (Å²) >= 11 is 5.85. The number of benzene rings is 1. The molecule has 1 atom stereocenters. The van der Waals surface area contributed by atoms with Gasteiger partial charge in [0.1, 0.15) is 11.9 Å². The first kappa shape index (κ1) is 18.8. The number of nitrogens with two attached hydrogens (primary N) is 1. The van der Waals surface area contributed by atoms with E-state index < -0.39 is 0 Å². The zero-order valence-electron chi connectivity index (χ0n) is 14.2. The van der Waals surface area contributed by atoms with Crippen molar-refractivity contribution in [3.05, 3.63) is 29.3 Å². The van der Waals surface area contributed by atoms with Crippen molar-refractivity contribution in [1.82, 2.24) is 10.2 Å². The van der Waals surface area contributed by atoms with Crippen LogP contribution >= 0.6 is 11.6 Å². The molecule has 0 amide bonds. The highest BCUT2D eigenvalue weighted by Gasteiger charge is 2.09. The van der Waals surface area contributed by atoms with E-state index in [9.17, 15) is 0 Å². The number of nitrogens with zero attached hydrogens (tertiary/aromatic N) is 2. The van der Waals surface area contributed by atoms with E-state index in [0.717, 1.165) is 51.6 Å². The van der Waals surface area contributed by atoms with Crippen LogP contribution in [0.2, 0.25) is 5.02 Å². The Balaban J connectivity index is 1.59. The van der Waals surface area contributed by atoms with Crippen LogP contribution < -0.4 is 15.8 Å². The molecule has 1 fully saturated rings. The van der Waals surface area contributed by atoms with Gasteiger partial charge in [-0.05, 0) is 44.2 Å². The smallest absolute Gasteiger partial charge is 0.188 e.